The minimum atomic E-state index is -0.307. The van der Waals surface area contributed by atoms with Gasteiger partial charge in [0, 0.05) is 31.1 Å². The summed E-state index contributed by atoms with van der Waals surface area (Å²) < 4.78 is 0. The zero-order chi connectivity index (χ0) is 14.9. The zero-order valence-electron chi connectivity index (χ0n) is 12.6. The van der Waals surface area contributed by atoms with Crippen LogP contribution >= 0.6 is 11.6 Å². The van der Waals surface area contributed by atoms with Crippen molar-refractivity contribution in [1.29, 1.82) is 0 Å². The topological polar surface area (TPSA) is 52.5 Å². The number of aliphatic hydroxyl groups is 1. The van der Waals surface area contributed by atoms with Crippen LogP contribution in [0, 0.1) is 6.92 Å². The molecule has 1 N–H and O–H groups in total. The number of halogens is 1. The van der Waals surface area contributed by atoms with Crippen molar-refractivity contribution >= 4 is 17.4 Å². The summed E-state index contributed by atoms with van der Waals surface area (Å²) in [5, 5.41) is 10.5. The van der Waals surface area contributed by atoms with Gasteiger partial charge in [0.2, 0.25) is 0 Å². The van der Waals surface area contributed by atoms with Crippen LogP contribution in [0.15, 0.2) is 0 Å². The first-order valence-corrected chi connectivity index (χ1v) is 7.42. The standard InChI is InChI=1S/C14H23ClN4O/c1-5-12-16-13(15)9(2)14(17-12)19-8-11(20)6-10(19)7-18(3)4/h10-11,20H,5-8H2,1-4H3. The monoisotopic (exact) mass is 298 g/mol. The Balaban J connectivity index is 2.35. The Morgan fingerprint density at radius 3 is 2.70 bits per heavy atom. The first-order chi connectivity index (χ1) is 9.42. The number of anilines is 1. The van der Waals surface area contributed by atoms with Crippen LogP contribution < -0.4 is 4.90 Å². The predicted octanol–water partition coefficient (Wildman–Crippen LogP) is 1.50. The fraction of sp³-hybridized carbons (Fsp3) is 0.714. The van der Waals surface area contributed by atoms with Crippen molar-refractivity contribution < 1.29 is 5.11 Å². The molecular formula is C14H23ClN4O. The van der Waals surface area contributed by atoms with Crippen LogP contribution in [0.5, 0.6) is 0 Å². The molecule has 2 unspecified atom stereocenters. The Morgan fingerprint density at radius 2 is 2.10 bits per heavy atom. The molecule has 0 bridgehead atoms. The highest BCUT2D eigenvalue weighted by atomic mass is 35.5. The van der Waals surface area contributed by atoms with Crippen LogP contribution in [0.3, 0.4) is 0 Å². The molecule has 0 saturated carbocycles. The Labute approximate surface area is 125 Å². The average Bonchev–Trinajstić information content (AvgIpc) is 2.72. The summed E-state index contributed by atoms with van der Waals surface area (Å²) in [6, 6.07) is 0.259. The maximum Gasteiger partial charge on any atom is 0.137 e. The van der Waals surface area contributed by atoms with Gasteiger partial charge in [0.05, 0.1) is 6.10 Å². The van der Waals surface area contributed by atoms with Gasteiger partial charge in [0.25, 0.3) is 0 Å². The fourth-order valence-corrected chi connectivity index (χ4v) is 2.89. The lowest BCUT2D eigenvalue weighted by Crippen LogP contribution is -2.38. The van der Waals surface area contributed by atoms with E-state index < -0.39 is 0 Å². The smallest absolute Gasteiger partial charge is 0.137 e. The van der Waals surface area contributed by atoms with Crippen molar-refractivity contribution in [3.05, 3.63) is 16.5 Å². The molecule has 6 heteroatoms. The molecule has 112 valence electrons. The van der Waals surface area contributed by atoms with E-state index in [4.69, 9.17) is 11.6 Å². The molecule has 2 atom stereocenters. The molecule has 1 fully saturated rings. The summed E-state index contributed by atoms with van der Waals surface area (Å²) in [4.78, 5) is 13.2. The van der Waals surface area contributed by atoms with E-state index in [1.165, 1.54) is 0 Å². The van der Waals surface area contributed by atoms with Crippen LogP contribution in [0.2, 0.25) is 5.15 Å². The van der Waals surface area contributed by atoms with Gasteiger partial charge in [-0.2, -0.15) is 0 Å². The molecule has 1 aliphatic heterocycles. The number of aryl methyl sites for hydroxylation is 1. The Morgan fingerprint density at radius 1 is 1.40 bits per heavy atom. The summed E-state index contributed by atoms with van der Waals surface area (Å²) >= 11 is 6.22. The van der Waals surface area contributed by atoms with Crippen molar-refractivity contribution in [2.24, 2.45) is 0 Å². The number of nitrogens with zero attached hydrogens (tertiary/aromatic N) is 4. The third kappa shape index (κ3) is 3.22. The van der Waals surface area contributed by atoms with Gasteiger partial charge in [-0.3, -0.25) is 0 Å². The lowest BCUT2D eigenvalue weighted by molar-refractivity contribution is 0.191. The third-order valence-electron chi connectivity index (χ3n) is 3.66. The summed E-state index contributed by atoms with van der Waals surface area (Å²) in [6.07, 6.45) is 1.21. The molecule has 0 spiro atoms. The highest BCUT2D eigenvalue weighted by Gasteiger charge is 2.33. The molecule has 0 aromatic carbocycles. The molecular weight excluding hydrogens is 276 g/mol. The van der Waals surface area contributed by atoms with Crippen molar-refractivity contribution in [2.75, 3.05) is 32.1 Å². The van der Waals surface area contributed by atoms with E-state index in [0.29, 0.717) is 11.7 Å². The molecule has 0 aliphatic carbocycles. The SMILES string of the molecule is CCc1nc(Cl)c(C)c(N2CC(O)CC2CN(C)C)n1. The van der Waals surface area contributed by atoms with Gasteiger partial charge < -0.3 is 14.9 Å². The largest absolute Gasteiger partial charge is 0.391 e. The van der Waals surface area contributed by atoms with Crippen LogP contribution in [-0.4, -0.2) is 59.3 Å². The van der Waals surface area contributed by atoms with Crippen LogP contribution in [0.1, 0.15) is 24.7 Å². The second kappa shape index (κ2) is 6.24. The highest BCUT2D eigenvalue weighted by Crippen LogP contribution is 2.30. The molecule has 2 heterocycles. The van der Waals surface area contributed by atoms with E-state index in [0.717, 1.165) is 36.6 Å². The summed E-state index contributed by atoms with van der Waals surface area (Å²) in [5.74, 6) is 1.62. The first kappa shape index (κ1) is 15.5. The number of aliphatic hydroxyl groups excluding tert-OH is 1. The number of rotatable bonds is 4. The van der Waals surface area contributed by atoms with Gasteiger partial charge in [0.15, 0.2) is 0 Å². The second-order valence-electron chi connectivity index (χ2n) is 5.69. The normalized spacial score (nSPS) is 22.9. The van der Waals surface area contributed by atoms with Gasteiger partial charge in [0.1, 0.15) is 16.8 Å². The summed E-state index contributed by atoms with van der Waals surface area (Å²) in [5.41, 5.74) is 0.890. The van der Waals surface area contributed by atoms with Crippen LogP contribution in [0.4, 0.5) is 5.82 Å². The van der Waals surface area contributed by atoms with Crippen LogP contribution in [-0.2, 0) is 6.42 Å². The summed E-state index contributed by atoms with van der Waals surface area (Å²) in [6.45, 7) is 5.45. The van der Waals surface area contributed by atoms with Crippen molar-refractivity contribution in [3.8, 4) is 0 Å². The molecule has 1 saturated heterocycles. The number of hydrogen-bond acceptors (Lipinski definition) is 5. The lowest BCUT2D eigenvalue weighted by atomic mass is 10.2. The Bertz CT molecular complexity index is 480. The molecule has 1 aromatic rings. The predicted molar refractivity (Wildman–Crippen MR) is 81.5 cm³/mol. The van der Waals surface area contributed by atoms with Gasteiger partial charge >= 0.3 is 0 Å². The quantitative estimate of drug-likeness (QED) is 0.854. The van der Waals surface area contributed by atoms with Gasteiger partial charge in [-0.15, -0.1) is 0 Å². The van der Waals surface area contributed by atoms with Gasteiger partial charge in [-0.25, -0.2) is 9.97 Å². The first-order valence-electron chi connectivity index (χ1n) is 7.04. The van der Waals surface area contributed by atoms with E-state index in [2.05, 4.69) is 19.8 Å². The minimum absolute atomic E-state index is 0.259. The van der Waals surface area contributed by atoms with Crippen molar-refractivity contribution in [1.82, 2.24) is 14.9 Å². The maximum atomic E-state index is 9.99. The highest BCUT2D eigenvalue weighted by molar-refractivity contribution is 6.30. The number of aromatic nitrogens is 2. The molecule has 1 aliphatic rings. The molecule has 20 heavy (non-hydrogen) atoms. The van der Waals surface area contributed by atoms with Crippen molar-refractivity contribution in [2.45, 2.75) is 38.8 Å². The molecule has 1 aromatic heterocycles. The minimum Gasteiger partial charge on any atom is -0.391 e. The molecule has 0 amide bonds. The van der Waals surface area contributed by atoms with Crippen LogP contribution in [0.25, 0.3) is 0 Å². The maximum absolute atomic E-state index is 9.99. The average molecular weight is 299 g/mol. The number of likely N-dealkylation sites (N-methyl/N-ethyl adjacent to an activating group) is 1. The second-order valence-corrected chi connectivity index (χ2v) is 6.05. The lowest BCUT2D eigenvalue weighted by Gasteiger charge is -2.29. The van der Waals surface area contributed by atoms with Crippen molar-refractivity contribution in [3.63, 3.8) is 0 Å². The van der Waals surface area contributed by atoms with Gasteiger partial charge in [-0.05, 0) is 27.4 Å². The molecule has 5 nitrogen and oxygen atoms in total. The molecule has 0 radical (unpaired) electrons. The Hall–Kier alpha value is -0.910. The fourth-order valence-electron chi connectivity index (χ4n) is 2.70. The number of hydrogen-bond donors (Lipinski definition) is 1. The van der Waals surface area contributed by atoms with E-state index in [9.17, 15) is 5.11 Å². The third-order valence-corrected chi connectivity index (χ3v) is 4.03. The van der Waals surface area contributed by atoms with E-state index in [1.807, 2.05) is 27.9 Å². The van der Waals surface area contributed by atoms with E-state index >= 15 is 0 Å². The molecule has 2 rings (SSSR count). The zero-order valence-corrected chi connectivity index (χ0v) is 13.4. The number of β-amino-alcohol motifs (C(OH)–C–C–N with tert-alkyl or cyclic N) is 1. The van der Waals surface area contributed by atoms with E-state index in [-0.39, 0.29) is 12.1 Å². The van der Waals surface area contributed by atoms with Gasteiger partial charge in [-0.1, -0.05) is 18.5 Å². The summed E-state index contributed by atoms with van der Waals surface area (Å²) in [7, 11) is 4.08. The van der Waals surface area contributed by atoms with E-state index in [1.54, 1.807) is 0 Å². The Kier molecular flexibility index (Phi) is 4.83.